The average Bonchev–Trinajstić information content (AvgIpc) is 3.25. The molecule has 3 aromatic rings. The van der Waals surface area contributed by atoms with Crippen molar-refractivity contribution < 1.29 is 23.4 Å². The fraction of sp³-hybridized carbons (Fsp3) is 0.273. The second kappa shape index (κ2) is 11.1. The number of hydrogen-bond donors (Lipinski definition) is 2. The van der Waals surface area contributed by atoms with E-state index in [1.165, 1.54) is 30.2 Å². The highest BCUT2D eigenvalue weighted by atomic mass is 32.2. The summed E-state index contributed by atoms with van der Waals surface area (Å²) < 4.78 is 30.8. The molecule has 0 spiro atoms. The zero-order chi connectivity index (χ0) is 23.1. The number of hydrogen-bond acceptors (Lipinski definition) is 8. The van der Waals surface area contributed by atoms with E-state index in [1.807, 2.05) is 12.3 Å². The summed E-state index contributed by atoms with van der Waals surface area (Å²) in [7, 11) is 4.56. The maximum Gasteiger partial charge on any atom is 0.273 e. The van der Waals surface area contributed by atoms with Crippen molar-refractivity contribution in [2.24, 2.45) is 0 Å². The Bertz CT molecular complexity index is 1090. The SMILES string of the molecule is COc1ccc(CNC(=O)c2nc(SC)sc2NCc2cccc(OC)c2F)c(OC)c1. The first-order valence-corrected chi connectivity index (χ1v) is 11.6. The maximum absolute atomic E-state index is 14.5. The molecule has 0 unspecified atom stereocenters. The molecule has 0 radical (unpaired) electrons. The molecule has 0 aliphatic rings. The number of aromatic nitrogens is 1. The molecule has 7 nitrogen and oxygen atoms in total. The quantitative estimate of drug-likeness (QED) is 0.414. The van der Waals surface area contributed by atoms with Crippen molar-refractivity contribution in [2.45, 2.75) is 17.4 Å². The topological polar surface area (TPSA) is 81.7 Å². The number of rotatable bonds is 10. The second-order valence-corrected chi connectivity index (χ2v) is 8.56. The van der Waals surface area contributed by atoms with Crippen molar-refractivity contribution in [2.75, 3.05) is 32.9 Å². The molecule has 0 saturated heterocycles. The number of carbonyl (C=O) groups is 1. The van der Waals surface area contributed by atoms with E-state index in [9.17, 15) is 9.18 Å². The van der Waals surface area contributed by atoms with Gasteiger partial charge in [-0.1, -0.05) is 35.2 Å². The number of nitrogens with one attached hydrogen (secondary N) is 2. The summed E-state index contributed by atoms with van der Waals surface area (Å²) in [5.41, 5.74) is 1.49. The van der Waals surface area contributed by atoms with E-state index in [0.29, 0.717) is 22.1 Å². The lowest BCUT2D eigenvalue weighted by Crippen LogP contribution is -2.24. The van der Waals surface area contributed by atoms with Crippen LogP contribution in [0.1, 0.15) is 21.6 Å². The second-order valence-electron chi connectivity index (χ2n) is 6.51. The smallest absolute Gasteiger partial charge is 0.273 e. The molecule has 32 heavy (non-hydrogen) atoms. The monoisotopic (exact) mass is 477 g/mol. The molecule has 1 heterocycles. The van der Waals surface area contributed by atoms with Crippen molar-refractivity contribution in [3.05, 3.63) is 59.0 Å². The first-order valence-electron chi connectivity index (χ1n) is 9.59. The third-order valence-electron chi connectivity index (χ3n) is 4.63. The zero-order valence-corrected chi connectivity index (χ0v) is 19.8. The van der Waals surface area contributed by atoms with Crippen molar-refractivity contribution >= 4 is 34.0 Å². The van der Waals surface area contributed by atoms with Gasteiger partial charge in [0.2, 0.25) is 0 Å². The molecule has 0 fully saturated rings. The first kappa shape index (κ1) is 23.7. The minimum absolute atomic E-state index is 0.171. The van der Waals surface area contributed by atoms with E-state index in [1.54, 1.807) is 44.6 Å². The predicted molar refractivity (Wildman–Crippen MR) is 125 cm³/mol. The molecular formula is C22H24FN3O4S2. The lowest BCUT2D eigenvalue weighted by atomic mass is 10.2. The van der Waals surface area contributed by atoms with Crippen LogP contribution < -0.4 is 24.8 Å². The van der Waals surface area contributed by atoms with E-state index in [-0.39, 0.29) is 30.4 Å². The van der Waals surface area contributed by atoms with Crippen LogP contribution in [0.4, 0.5) is 9.39 Å². The fourth-order valence-corrected chi connectivity index (χ4v) is 4.40. The number of amides is 1. The van der Waals surface area contributed by atoms with E-state index < -0.39 is 5.82 Å². The summed E-state index contributed by atoms with van der Waals surface area (Å²) in [6.07, 6.45) is 1.88. The minimum atomic E-state index is -0.435. The number of thioether (sulfide) groups is 1. The first-order chi connectivity index (χ1) is 15.5. The maximum atomic E-state index is 14.5. The van der Waals surface area contributed by atoms with Gasteiger partial charge < -0.3 is 24.8 Å². The van der Waals surface area contributed by atoms with Crippen LogP contribution in [0.5, 0.6) is 17.2 Å². The Morgan fingerprint density at radius 2 is 1.84 bits per heavy atom. The lowest BCUT2D eigenvalue weighted by molar-refractivity contribution is 0.0946. The van der Waals surface area contributed by atoms with Crippen LogP contribution in [0, 0.1) is 5.82 Å². The number of nitrogens with zero attached hydrogens (tertiary/aromatic N) is 1. The Kier molecular flexibility index (Phi) is 8.18. The van der Waals surface area contributed by atoms with Crippen molar-refractivity contribution in [3.63, 3.8) is 0 Å². The normalized spacial score (nSPS) is 10.5. The number of thiazole rings is 1. The molecule has 1 amide bonds. The highest BCUT2D eigenvalue weighted by Gasteiger charge is 2.19. The van der Waals surface area contributed by atoms with E-state index in [2.05, 4.69) is 15.6 Å². The van der Waals surface area contributed by atoms with Gasteiger partial charge in [0.25, 0.3) is 5.91 Å². The number of anilines is 1. The minimum Gasteiger partial charge on any atom is -0.497 e. The van der Waals surface area contributed by atoms with Gasteiger partial charge in [0.05, 0.1) is 21.3 Å². The zero-order valence-electron chi connectivity index (χ0n) is 18.2. The number of halogens is 1. The molecule has 0 aliphatic carbocycles. The summed E-state index contributed by atoms with van der Waals surface area (Å²) in [6.45, 7) is 0.438. The van der Waals surface area contributed by atoms with Crippen LogP contribution in [0.3, 0.4) is 0 Å². The Morgan fingerprint density at radius 1 is 1.06 bits per heavy atom. The molecule has 2 aromatic carbocycles. The molecule has 0 aliphatic heterocycles. The van der Waals surface area contributed by atoms with Crippen LogP contribution in [-0.4, -0.2) is 38.5 Å². The van der Waals surface area contributed by atoms with Gasteiger partial charge in [-0.15, -0.1) is 0 Å². The predicted octanol–water partition coefficient (Wildman–Crippen LogP) is 4.57. The molecule has 0 bridgehead atoms. The van der Waals surface area contributed by atoms with Gasteiger partial charge in [0.15, 0.2) is 21.6 Å². The van der Waals surface area contributed by atoms with Crippen molar-refractivity contribution in [3.8, 4) is 17.2 Å². The summed E-state index contributed by atoms with van der Waals surface area (Å²) in [4.78, 5) is 17.3. The van der Waals surface area contributed by atoms with Gasteiger partial charge in [0.1, 0.15) is 16.5 Å². The third kappa shape index (κ3) is 5.43. The number of benzene rings is 2. The number of methoxy groups -OCH3 is 3. The van der Waals surface area contributed by atoms with Gasteiger partial charge in [-0.25, -0.2) is 9.37 Å². The summed E-state index contributed by atoms with van der Waals surface area (Å²) in [6, 6.07) is 10.3. The highest BCUT2D eigenvalue weighted by Crippen LogP contribution is 2.32. The van der Waals surface area contributed by atoms with Gasteiger partial charge in [0, 0.05) is 30.3 Å². The summed E-state index contributed by atoms with van der Waals surface area (Å²) in [5.74, 6) is 0.671. The lowest BCUT2D eigenvalue weighted by Gasteiger charge is -2.12. The Hall–Kier alpha value is -2.98. The Morgan fingerprint density at radius 3 is 2.53 bits per heavy atom. The van der Waals surface area contributed by atoms with Gasteiger partial charge in [-0.05, 0) is 24.5 Å². The molecule has 170 valence electrons. The standard InChI is InChI=1S/C22H24FN3O4S2/c1-28-15-9-8-13(17(10-15)30-3)11-24-20(27)19-21(32-22(26-19)31-4)25-12-14-6-5-7-16(29-2)18(14)23/h5-10,25H,11-12H2,1-4H3,(H,24,27). The number of carbonyl (C=O) groups excluding carboxylic acids is 1. The molecule has 0 saturated carbocycles. The van der Waals surface area contributed by atoms with Crippen molar-refractivity contribution in [1.82, 2.24) is 10.3 Å². The highest BCUT2D eigenvalue weighted by molar-refractivity contribution is 8.00. The molecule has 0 atom stereocenters. The average molecular weight is 478 g/mol. The van der Waals surface area contributed by atoms with Crippen LogP contribution in [-0.2, 0) is 13.1 Å². The number of ether oxygens (including phenoxy) is 3. The van der Waals surface area contributed by atoms with Crippen LogP contribution in [0.25, 0.3) is 0 Å². The third-order valence-corrected chi connectivity index (χ3v) is 6.63. The largest absolute Gasteiger partial charge is 0.497 e. The summed E-state index contributed by atoms with van der Waals surface area (Å²) in [5, 5.41) is 6.58. The molecule has 2 N–H and O–H groups in total. The van der Waals surface area contributed by atoms with E-state index in [4.69, 9.17) is 14.2 Å². The van der Waals surface area contributed by atoms with E-state index >= 15 is 0 Å². The Balaban J connectivity index is 1.74. The van der Waals surface area contributed by atoms with Crippen LogP contribution in [0.15, 0.2) is 40.7 Å². The molecular weight excluding hydrogens is 453 g/mol. The van der Waals surface area contributed by atoms with Gasteiger partial charge in [-0.3, -0.25) is 4.79 Å². The molecule has 3 rings (SSSR count). The van der Waals surface area contributed by atoms with Gasteiger partial charge >= 0.3 is 0 Å². The van der Waals surface area contributed by atoms with Crippen LogP contribution >= 0.6 is 23.1 Å². The molecule has 10 heteroatoms. The van der Waals surface area contributed by atoms with Gasteiger partial charge in [-0.2, -0.15) is 0 Å². The van der Waals surface area contributed by atoms with Crippen molar-refractivity contribution in [1.29, 1.82) is 0 Å². The fourth-order valence-electron chi connectivity index (χ4n) is 2.94. The summed E-state index contributed by atoms with van der Waals surface area (Å²) >= 11 is 2.78. The Labute approximate surface area is 194 Å². The molecule has 1 aromatic heterocycles. The van der Waals surface area contributed by atoms with Crippen LogP contribution in [0.2, 0.25) is 0 Å². The van der Waals surface area contributed by atoms with E-state index in [0.717, 1.165) is 9.90 Å².